The van der Waals surface area contributed by atoms with Gasteiger partial charge in [-0.3, -0.25) is 14.3 Å². The molecule has 3 aromatic rings. The Kier molecular flexibility index (Phi) is 4.60. The van der Waals surface area contributed by atoms with Crippen molar-refractivity contribution in [3.05, 3.63) is 46.9 Å². The van der Waals surface area contributed by atoms with Crippen LogP contribution in [0.2, 0.25) is 0 Å². The van der Waals surface area contributed by atoms with Gasteiger partial charge < -0.3 is 10.1 Å². The van der Waals surface area contributed by atoms with Crippen molar-refractivity contribution in [2.24, 2.45) is 7.05 Å². The molecule has 2 N–H and O–H groups in total. The van der Waals surface area contributed by atoms with E-state index in [0.717, 1.165) is 24.0 Å². The number of fused-ring (bicyclic) bond motifs is 2. The zero-order chi connectivity index (χ0) is 19.8. The van der Waals surface area contributed by atoms with Crippen LogP contribution in [0.25, 0.3) is 11.0 Å². The van der Waals surface area contributed by atoms with E-state index < -0.39 is 0 Å². The number of nitrogens with zero attached hydrogens (tertiary/aromatic N) is 4. The lowest BCUT2D eigenvalue weighted by Crippen LogP contribution is -2.28. The Morgan fingerprint density at radius 3 is 2.89 bits per heavy atom. The van der Waals surface area contributed by atoms with Gasteiger partial charge in [-0.15, -0.1) is 0 Å². The lowest BCUT2D eigenvalue weighted by atomic mass is 10.0. The largest absolute Gasteiger partial charge is 0.465 e. The number of esters is 1. The van der Waals surface area contributed by atoms with E-state index in [1.807, 2.05) is 12.1 Å². The van der Waals surface area contributed by atoms with Gasteiger partial charge in [0.05, 0.1) is 18.7 Å². The van der Waals surface area contributed by atoms with E-state index in [0.29, 0.717) is 22.4 Å². The first-order valence-corrected chi connectivity index (χ1v) is 8.97. The maximum Gasteiger partial charge on any atom is 0.337 e. The maximum atomic E-state index is 12.9. The third kappa shape index (κ3) is 2.93. The average Bonchev–Trinajstić information content (AvgIpc) is 3.27. The Bertz CT molecular complexity index is 1100. The summed E-state index contributed by atoms with van der Waals surface area (Å²) in [7, 11) is 3.05. The van der Waals surface area contributed by atoms with Crippen LogP contribution in [-0.2, 0) is 18.2 Å². The molecule has 0 radical (unpaired) electrons. The molecule has 1 aliphatic rings. The number of nitrogens with one attached hydrogen (secondary N) is 2. The predicted octanol–water partition coefficient (Wildman–Crippen LogP) is 2.13. The number of rotatable bonds is 4. The van der Waals surface area contributed by atoms with Gasteiger partial charge in [0, 0.05) is 18.8 Å². The molecule has 10 heteroatoms. The van der Waals surface area contributed by atoms with Crippen LogP contribution < -0.4 is 10.2 Å². The van der Waals surface area contributed by atoms with E-state index in [-0.39, 0.29) is 23.6 Å². The van der Waals surface area contributed by atoms with Gasteiger partial charge in [-0.2, -0.15) is 5.10 Å². The molecule has 0 bridgehead atoms. The standard InChI is InChI=1S/C18H17ClN6O3/c1-25-15-13(16(23-19)24-25)20-8-21-14(15)17(26)22-12-6-4-9-7-10(18(27)28-2)3-5-11(9)12/h3,5,7-8,12H,4,6H2,1-2H3,(H,22,26)(H,23,24)/t12-/m0/s1. The number of aromatic nitrogens is 4. The monoisotopic (exact) mass is 400 g/mol. The van der Waals surface area contributed by atoms with E-state index in [2.05, 4.69) is 25.2 Å². The van der Waals surface area contributed by atoms with Gasteiger partial charge >= 0.3 is 5.97 Å². The van der Waals surface area contributed by atoms with E-state index >= 15 is 0 Å². The van der Waals surface area contributed by atoms with E-state index in [1.165, 1.54) is 18.1 Å². The Morgan fingerprint density at radius 1 is 1.32 bits per heavy atom. The highest BCUT2D eigenvalue weighted by Gasteiger charge is 2.27. The molecule has 1 aromatic carbocycles. The molecule has 0 aliphatic heterocycles. The molecule has 2 heterocycles. The zero-order valence-electron chi connectivity index (χ0n) is 15.2. The highest BCUT2D eigenvalue weighted by atomic mass is 35.5. The molecule has 9 nitrogen and oxygen atoms in total. The molecule has 0 saturated heterocycles. The molecule has 1 amide bonds. The second-order valence-electron chi connectivity index (χ2n) is 6.46. The number of benzene rings is 1. The number of carbonyl (C=O) groups excluding carboxylic acids is 2. The number of hydrogen-bond acceptors (Lipinski definition) is 7. The quantitative estimate of drug-likeness (QED) is 0.509. The van der Waals surface area contributed by atoms with Crippen molar-refractivity contribution in [1.82, 2.24) is 25.1 Å². The van der Waals surface area contributed by atoms with Crippen molar-refractivity contribution in [3.63, 3.8) is 0 Å². The van der Waals surface area contributed by atoms with Crippen LogP contribution in [0, 0.1) is 0 Å². The smallest absolute Gasteiger partial charge is 0.337 e. The number of aryl methyl sites for hydroxylation is 2. The molecule has 0 saturated carbocycles. The van der Waals surface area contributed by atoms with E-state index in [1.54, 1.807) is 13.1 Å². The van der Waals surface area contributed by atoms with E-state index in [4.69, 9.17) is 16.5 Å². The van der Waals surface area contributed by atoms with Crippen LogP contribution in [0.3, 0.4) is 0 Å². The number of anilines is 1. The first-order chi connectivity index (χ1) is 13.5. The fourth-order valence-corrected chi connectivity index (χ4v) is 3.70. The third-order valence-corrected chi connectivity index (χ3v) is 5.05. The Balaban J connectivity index is 1.62. The van der Waals surface area contributed by atoms with Crippen LogP contribution in [-0.4, -0.2) is 38.7 Å². The van der Waals surface area contributed by atoms with Gasteiger partial charge in [0.2, 0.25) is 0 Å². The van der Waals surface area contributed by atoms with Crippen LogP contribution in [0.1, 0.15) is 44.4 Å². The minimum Gasteiger partial charge on any atom is -0.465 e. The molecular weight excluding hydrogens is 384 g/mol. The second kappa shape index (κ2) is 7.08. The lowest BCUT2D eigenvalue weighted by Gasteiger charge is -2.14. The van der Waals surface area contributed by atoms with Crippen LogP contribution >= 0.6 is 11.8 Å². The van der Waals surface area contributed by atoms with Gasteiger partial charge in [0.1, 0.15) is 17.4 Å². The molecule has 0 spiro atoms. The van der Waals surface area contributed by atoms with Crippen molar-refractivity contribution >= 4 is 40.5 Å². The topological polar surface area (TPSA) is 111 Å². The van der Waals surface area contributed by atoms with Crippen molar-refractivity contribution in [2.45, 2.75) is 18.9 Å². The summed E-state index contributed by atoms with van der Waals surface area (Å²) in [4.78, 5) is 35.4. The molecule has 1 aliphatic carbocycles. The van der Waals surface area contributed by atoms with Crippen molar-refractivity contribution in [1.29, 1.82) is 0 Å². The van der Waals surface area contributed by atoms with Crippen LogP contribution in [0.5, 0.6) is 0 Å². The molecule has 144 valence electrons. The van der Waals surface area contributed by atoms with Crippen LogP contribution in [0.4, 0.5) is 5.82 Å². The number of carbonyl (C=O) groups is 2. The number of ether oxygens (including phenoxy) is 1. The number of amides is 1. The highest BCUT2D eigenvalue weighted by Crippen LogP contribution is 2.32. The summed E-state index contributed by atoms with van der Waals surface area (Å²) in [6, 6.07) is 5.21. The first-order valence-electron chi connectivity index (χ1n) is 8.59. The molecular formula is C18H17ClN6O3. The molecule has 2 aromatic heterocycles. The molecule has 4 rings (SSSR count). The van der Waals surface area contributed by atoms with Gasteiger partial charge in [-0.1, -0.05) is 6.07 Å². The van der Waals surface area contributed by atoms with Crippen LogP contribution in [0.15, 0.2) is 24.5 Å². The predicted molar refractivity (Wildman–Crippen MR) is 102 cm³/mol. The van der Waals surface area contributed by atoms with Gasteiger partial charge in [0.25, 0.3) is 5.91 Å². The molecule has 0 fully saturated rings. The number of halogens is 1. The number of hydrogen-bond donors (Lipinski definition) is 2. The summed E-state index contributed by atoms with van der Waals surface area (Å²) in [5.74, 6) is -0.345. The minimum absolute atomic E-state index is 0.168. The molecule has 1 atom stereocenters. The molecule has 28 heavy (non-hydrogen) atoms. The fourth-order valence-electron chi connectivity index (χ4n) is 3.57. The Morgan fingerprint density at radius 2 is 2.14 bits per heavy atom. The summed E-state index contributed by atoms with van der Waals surface area (Å²) >= 11 is 5.67. The van der Waals surface area contributed by atoms with Gasteiger partial charge in [-0.05, 0) is 36.1 Å². The lowest BCUT2D eigenvalue weighted by molar-refractivity contribution is 0.0600. The third-order valence-electron chi connectivity index (χ3n) is 4.87. The Labute approximate surface area is 165 Å². The SMILES string of the molecule is COC(=O)c1ccc2c(c1)CC[C@@H]2NC(=O)c1ncnc2c(NCl)nn(C)c12. The zero-order valence-corrected chi connectivity index (χ0v) is 15.9. The summed E-state index contributed by atoms with van der Waals surface area (Å²) in [5, 5.41) is 7.22. The van der Waals surface area contributed by atoms with Crippen molar-refractivity contribution in [2.75, 3.05) is 11.9 Å². The van der Waals surface area contributed by atoms with Gasteiger partial charge in [0.15, 0.2) is 11.5 Å². The minimum atomic E-state index is -0.376. The maximum absolute atomic E-state index is 12.9. The molecule has 0 unspecified atom stereocenters. The highest BCUT2D eigenvalue weighted by molar-refractivity contribution is 6.25. The first kappa shape index (κ1) is 18.2. The summed E-state index contributed by atoms with van der Waals surface area (Å²) < 4.78 is 6.28. The van der Waals surface area contributed by atoms with Gasteiger partial charge in [-0.25, -0.2) is 14.8 Å². The average molecular weight is 401 g/mol. The summed E-state index contributed by atoms with van der Waals surface area (Å²) in [6.07, 6.45) is 2.80. The normalized spacial score (nSPS) is 15.3. The van der Waals surface area contributed by atoms with E-state index in [9.17, 15) is 9.59 Å². The van der Waals surface area contributed by atoms with Crippen molar-refractivity contribution < 1.29 is 14.3 Å². The number of methoxy groups -OCH3 is 1. The summed E-state index contributed by atoms with van der Waals surface area (Å²) in [6.45, 7) is 0. The fraction of sp³-hybridized carbons (Fsp3) is 0.278. The second-order valence-corrected chi connectivity index (χ2v) is 6.65. The summed E-state index contributed by atoms with van der Waals surface area (Å²) in [5.41, 5.74) is 3.68. The Hall–Kier alpha value is -3.20. The van der Waals surface area contributed by atoms with Crippen molar-refractivity contribution in [3.8, 4) is 0 Å².